The Morgan fingerprint density at radius 2 is 1.96 bits per heavy atom. The molecule has 0 amide bonds. The number of halogens is 2. The van der Waals surface area contributed by atoms with Gasteiger partial charge >= 0.3 is 0 Å². The average molecular weight is 332 g/mol. The van der Waals surface area contributed by atoms with E-state index in [9.17, 15) is 4.39 Å². The molecule has 3 aromatic heterocycles. The van der Waals surface area contributed by atoms with Crippen molar-refractivity contribution < 1.29 is 4.39 Å². The standard InChI is InChI=1S/C16H15ClFN5/c1-9-6-11-13(14-12(18)7-19-16(17)22-14)20-8-21-15(11)23(9)10-4-2-3-5-10/h6-8,10H,2-5H2,1H3. The zero-order chi connectivity index (χ0) is 16.0. The van der Waals surface area contributed by atoms with Crippen molar-refractivity contribution >= 4 is 22.6 Å². The van der Waals surface area contributed by atoms with Crippen LogP contribution in [0.2, 0.25) is 5.28 Å². The van der Waals surface area contributed by atoms with Crippen LogP contribution in [-0.4, -0.2) is 24.5 Å². The zero-order valence-corrected chi connectivity index (χ0v) is 13.4. The Morgan fingerprint density at radius 1 is 1.17 bits per heavy atom. The first-order chi connectivity index (χ1) is 11.1. The molecule has 1 aliphatic carbocycles. The van der Waals surface area contributed by atoms with E-state index in [0.717, 1.165) is 35.8 Å². The van der Waals surface area contributed by atoms with Crippen molar-refractivity contribution in [3.8, 4) is 11.4 Å². The van der Waals surface area contributed by atoms with E-state index in [1.807, 2.05) is 13.0 Å². The smallest absolute Gasteiger partial charge is 0.223 e. The largest absolute Gasteiger partial charge is 0.327 e. The Labute approximate surface area is 137 Å². The molecule has 0 radical (unpaired) electrons. The topological polar surface area (TPSA) is 56.5 Å². The van der Waals surface area contributed by atoms with E-state index >= 15 is 0 Å². The van der Waals surface area contributed by atoms with E-state index in [0.29, 0.717) is 11.7 Å². The molecular weight excluding hydrogens is 317 g/mol. The molecule has 118 valence electrons. The lowest BCUT2D eigenvalue weighted by atomic mass is 10.2. The molecule has 1 aliphatic rings. The highest BCUT2D eigenvalue weighted by atomic mass is 35.5. The first-order valence-corrected chi connectivity index (χ1v) is 8.04. The quantitative estimate of drug-likeness (QED) is 0.663. The fourth-order valence-electron chi connectivity index (χ4n) is 3.48. The zero-order valence-electron chi connectivity index (χ0n) is 12.6. The third kappa shape index (κ3) is 2.37. The van der Waals surface area contributed by atoms with Crippen LogP contribution in [0.25, 0.3) is 22.4 Å². The lowest BCUT2D eigenvalue weighted by Gasteiger charge is -2.15. The highest BCUT2D eigenvalue weighted by Gasteiger charge is 2.23. The highest BCUT2D eigenvalue weighted by molar-refractivity contribution is 6.28. The second-order valence-corrected chi connectivity index (χ2v) is 6.23. The maximum Gasteiger partial charge on any atom is 0.223 e. The third-order valence-corrected chi connectivity index (χ3v) is 4.64. The summed E-state index contributed by atoms with van der Waals surface area (Å²) in [7, 11) is 0. The van der Waals surface area contributed by atoms with Gasteiger partial charge in [-0.05, 0) is 37.4 Å². The van der Waals surface area contributed by atoms with Gasteiger partial charge in [0.25, 0.3) is 0 Å². The maximum atomic E-state index is 14.1. The third-order valence-electron chi connectivity index (χ3n) is 4.45. The van der Waals surface area contributed by atoms with Crippen molar-refractivity contribution in [3.63, 3.8) is 0 Å². The van der Waals surface area contributed by atoms with Crippen molar-refractivity contribution in [3.05, 3.63) is 35.4 Å². The molecule has 3 aromatic rings. The summed E-state index contributed by atoms with van der Waals surface area (Å²) in [5.74, 6) is -0.541. The fraction of sp³-hybridized carbons (Fsp3) is 0.375. The molecule has 1 saturated carbocycles. The van der Waals surface area contributed by atoms with E-state index < -0.39 is 5.82 Å². The molecule has 0 N–H and O–H groups in total. The van der Waals surface area contributed by atoms with Gasteiger partial charge in [-0.2, -0.15) is 0 Å². The molecule has 23 heavy (non-hydrogen) atoms. The van der Waals surface area contributed by atoms with Gasteiger partial charge in [0.1, 0.15) is 23.4 Å². The molecule has 0 bridgehead atoms. The molecule has 1 fully saturated rings. The summed E-state index contributed by atoms with van der Waals surface area (Å²) < 4.78 is 16.4. The first kappa shape index (κ1) is 14.5. The molecule has 0 atom stereocenters. The Hall–Kier alpha value is -2.08. The minimum Gasteiger partial charge on any atom is -0.327 e. The Balaban J connectivity index is 1.95. The van der Waals surface area contributed by atoms with Crippen LogP contribution < -0.4 is 0 Å². The number of rotatable bonds is 2. The molecule has 0 spiro atoms. The molecule has 0 unspecified atom stereocenters. The molecule has 0 aromatic carbocycles. The normalized spacial score (nSPS) is 15.6. The van der Waals surface area contributed by atoms with Crippen molar-refractivity contribution in [2.75, 3.05) is 0 Å². The van der Waals surface area contributed by atoms with Gasteiger partial charge in [0.2, 0.25) is 5.28 Å². The van der Waals surface area contributed by atoms with Crippen LogP contribution in [0.5, 0.6) is 0 Å². The van der Waals surface area contributed by atoms with Crippen LogP contribution in [0.15, 0.2) is 18.6 Å². The molecule has 5 nitrogen and oxygen atoms in total. The van der Waals surface area contributed by atoms with Gasteiger partial charge in [-0.25, -0.2) is 24.3 Å². The van der Waals surface area contributed by atoms with Gasteiger partial charge in [-0.15, -0.1) is 0 Å². The molecule has 0 saturated heterocycles. The average Bonchev–Trinajstić information content (AvgIpc) is 3.15. The van der Waals surface area contributed by atoms with Crippen LogP contribution >= 0.6 is 11.6 Å². The number of hydrogen-bond donors (Lipinski definition) is 0. The number of fused-ring (bicyclic) bond motifs is 1. The van der Waals surface area contributed by atoms with Crippen molar-refractivity contribution in [1.82, 2.24) is 24.5 Å². The number of aryl methyl sites for hydroxylation is 1. The van der Waals surface area contributed by atoms with Crippen LogP contribution in [0.3, 0.4) is 0 Å². The predicted octanol–water partition coefficient (Wildman–Crippen LogP) is 4.10. The highest BCUT2D eigenvalue weighted by Crippen LogP contribution is 2.36. The first-order valence-electron chi connectivity index (χ1n) is 7.66. The Kier molecular flexibility index (Phi) is 3.49. The number of hydrogen-bond acceptors (Lipinski definition) is 4. The van der Waals surface area contributed by atoms with E-state index in [1.54, 1.807) is 0 Å². The van der Waals surface area contributed by atoms with Crippen molar-refractivity contribution in [2.45, 2.75) is 38.6 Å². The van der Waals surface area contributed by atoms with Crippen molar-refractivity contribution in [2.24, 2.45) is 0 Å². The van der Waals surface area contributed by atoms with Crippen LogP contribution in [-0.2, 0) is 0 Å². The molecular formula is C16H15ClFN5. The van der Waals surface area contributed by atoms with Crippen molar-refractivity contribution in [1.29, 1.82) is 0 Å². The second kappa shape index (κ2) is 5.53. The monoisotopic (exact) mass is 331 g/mol. The predicted molar refractivity (Wildman–Crippen MR) is 85.8 cm³/mol. The summed E-state index contributed by atoms with van der Waals surface area (Å²) in [5, 5.41) is 0.797. The van der Waals surface area contributed by atoms with E-state index in [1.165, 1.54) is 19.2 Å². The molecule has 7 heteroatoms. The summed E-state index contributed by atoms with van der Waals surface area (Å²) in [6, 6.07) is 2.45. The van der Waals surface area contributed by atoms with E-state index in [4.69, 9.17) is 11.6 Å². The van der Waals surface area contributed by atoms with Crippen LogP contribution in [0.4, 0.5) is 4.39 Å². The lowest BCUT2D eigenvalue weighted by molar-refractivity contribution is 0.522. The Morgan fingerprint density at radius 3 is 2.74 bits per heavy atom. The molecule has 4 rings (SSSR count). The minimum atomic E-state index is -0.541. The number of nitrogens with zero attached hydrogens (tertiary/aromatic N) is 5. The lowest BCUT2D eigenvalue weighted by Crippen LogP contribution is -2.07. The number of aromatic nitrogens is 5. The fourth-order valence-corrected chi connectivity index (χ4v) is 3.61. The van der Waals surface area contributed by atoms with E-state index in [-0.39, 0.29) is 11.0 Å². The SMILES string of the molecule is Cc1cc2c(-c3nc(Cl)ncc3F)ncnc2n1C1CCCC1. The van der Waals surface area contributed by atoms with Gasteiger partial charge in [0.05, 0.1) is 6.20 Å². The van der Waals surface area contributed by atoms with Gasteiger partial charge in [0.15, 0.2) is 5.82 Å². The van der Waals surface area contributed by atoms with Crippen LogP contribution in [0.1, 0.15) is 37.4 Å². The van der Waals surface area contributed by atoms with Gasteiger partial charge < -0.3 is 4.57 Å². The molecule has 3 heterocycles. The van der Waals surface area contributed by atoms with Gasteiger partial charge in [-0.3, -0.25) is 0 Å². The summed E-state index contributed by atoms with van der Waals surface area (Å²) in [4.78, 5) is 16.4. The minimum absolute atomic E-state index is 0.000102. The van der Waals surface area contributed by atoms with Crippen LogP contribution in [0, 0.1) is 12.7 Å². The molecule has 0 aliphatic heterocycles. The van der Waals surface area contributed by atoms with E-state index in [2.05, 4.69) is 24.5 Å². The Bertz CT molecular complexity index is 886. The summed E-state index contributed by atoms with van der Waals surface area (Å²) in [6.45, 7) is 2.05. The van der Waals surface area contributed by atoms with Gasteiger partial charge in [0, 0.05) is 17.1 Å². The summed E-state index contributed by atoms with van der Waals surface area (Å²) >= 11 is 5.82. The second-order valence-electron chi connectivity index (χ2n) is 5.89. The summed E-state index contributed by atoms with van der Waals surface area (Å²) in [6.07, 6.45) is 7.29. The maximum absolute atomic E-state index is 14.1. The van der Waals surface area contributed by atoms with Gasteiger partial charge in [-0.1, -0.05) is 12.8 Å². The summed E-state index contributed by atoms with van der Waals surface area (Å²) in [5.41, 5.74) is 2.50.